The van der Waals surface area contributed by atoms with Crippen LogP contribution in [0.1, 0.15) is 25.7 Å². The molecule has 1 saturated heterocycles. The average Bonchev–Trinajstić information content (AvgIpc) is 2.96. The Hall–Kier alpha value is -1.21. The van der Waals surface area contributed by atoms with Gasteiger partial charge in [-0.3, -0.25) is 10.1 Å². The van der Waals surface area contributed by atoms with Crippen LogP contribution in [0.3, 0.4) is 0 Å². The van der Waals surface area contributed by atoms with Crippen molar-refractivity contribution in [2.75, 3.05) is 18.4 Å². The van der Waals surface area contributed by atoms with E-state index in [0.29, 0.717) is 5.92 Å². The van der Waals surface area contributed by atoms with Gasteiger partial charge in [0.2, 0.25) is 5.91 Å². The van der Waals surface area contributed by atoms with Crippen LogP contribution >= 0.6 is 12.4 Å². The Balaban J connectivity index is 0.00000120. The molecule has 0 aromatic carbocycles. The van der Waals surface area contributed by atoms with Crippen LogP contribution in [0, 0.1) is 11.3 Å². The van der Waals surface area contributed by atoms with Crippen LogP contribution < -0.4 is 10.6 Å². The van der Waals surface area contributed by atoms with E-state index in [2.05, 4.69) is 31.3 Å². The number of hydrogen-bond acceptors (Lipinski definition) is 5. The molecule has 0 bridgehead atoms. The second-order valence-corrected chi connectivity index (χ2v) is 4.92. The zero-order valence-electron chi connectivity index (χ0n) is 9.98. The van der Waals surface area contributed by atoms with Crippen LogP contribution in [0.5, 0.6) is 0 Å². The quantitative estimate of drug-likeness (QED) is 0.722. The van der Waals surface area contributed by atoms with Crippen LogP contribution in [-0.2, 0) is 4.79 Å². The topological polar surface area (TPSA) is 95.6 Å². The SMILES string of the molecule is Cl.O=C(Nc1nn[nH]n1)[C@@]12CCCC[C@H]1CNC2. The number of nitrogens with one attached hydrogen (secondary N) is 3. The van der Waals surface area contributed by atoms with E-state index in [1.165, 1.54) is 6.42 Å². The van der Waals surface area contributed by atoms with Gasteiger partial charge in [0.25, 0.3) is 5.95 Å². The number of carbonyl (C=O) groups is 1. The summed E-state index contributed by atoms with van der Waals surface area (Å²) in [7, 11) is 0. The number of fused-ring (bicyclic) bond motifs is 1. The highest BCUT2D eigenvalue weighted by Crippen LogP contribution is 2.44. The van der Waals surface area contributed by atoms with Gasteiger partial charge in [-0.15, -0.1) is 17.5 Å². The molecule has 3 rings (SSSR count). The van der Waals surface area contributed by atoms with E-state index in [9.17, 15) is 4.79 Å². The largest absolute Gasteiger partial charge is 0.315 e. The number of anilines is 1. The molecular weight excluding hydrogens is 256 g/mol. The molecule has 0 unspecified atom stereocenters. The van der Waals surface area contributed by atoms with E-state index in [-0.39, 0.29) is 29.7 Å². The number of aromatic nitrogens is 4. The van der Waals surface area contributed by atoms with Gasteiger partial charge in [-0.25, -0.2) is 0 Å². The molecule has 2 heterocycles. The molecular formula is C10H17ClN6O. The van der Waals surface area contributed by atoms with E-state index in [1.54, 1.807) is 0 Å². The standard InChI is InChI=1S/C10H16N6O.ClH/c17-8(12-9-13-15-16-14-9)10-4-2-1-3-7(10)5-11-6-10;/h7,11H,1-6H2,(H2,12,13,14,15,16,17);1H/t7-,10+;/m0./s1. The summed E-state index contributed by atoms with van der Waals surface area (Å²) in [5, 5.41) is 19.4. The van der Waals surface area contributed by atoms with Gasteiger partial charge >= 0.3 is 0 Å². The predicted octanol–water partition coefficient (Wildman–Crippen LogP) is 0.340. The molecule has 7 nitrogen and oxygen atoms in total. The number of hydrogen-bond donors (Lipinski definition) is 3. The molecule has 18 heavy (non-hydrogen) atoms. The zero-order valence-corrected chi connectivity index (χ0v) is 10.8. The number of halogens is 1. The zero-order chi connectivity index (χ0) is 11.7. The highest BCUT2D eigenvalue weighted by atomic mass is 35.5. The van der Waals surface area contributed by atoms with Gasteiger partial charge in [-0.2, -0.15) is 5.21 Å². The maximum absolute atomic E-state index is 12.4. The van der Waals surface area contributed by atoms with Crippen LogP contribution in [0.4, 0.5) is 5.95 Å². The lowest BCUT2D eigenvalue weighted by molar-refractivity contribution is -0.128. The summed E-state index contributed by atoms with van der Waals surface area (Å²) < 4.78 is 0. The van der Waals surface area contributed by atoms with Gasteiger partial charge in [0.05, 0.1) is 5.41 Å². The van der Waals surface area contributed by atoms with Crippen molar-refractivity contribution in [3.8, 4) is 0 Å². The smallest absolute Gasteiger partial charge is 0.269 e. The summed E-state index contributed by atoms with van der Waals surface area (Å²) in [6, 6.07) is 0. The molecule has 1 aliphatic heterocycles. The van der Waals surface area contributed by atoms with E-state index >= 15 is 0 Å². The monoisotopic (exact) mass is 272 g/mol. The fourth-order valence-corrected chi connectivity index (χ4v) is 3.13. The Morgan fingerprint density at radius 2 is 2.33 bits per heavy atom. The molecule has 1 aliphatic carbocycles. The lowest BCUT2D eigenvalue weighted by Gasteiger charge is -2.36. The first-order valence-corrected chi connectivity index (χ1v) is 6.07. The van der Waals surface area contributed by atoms with Gasteiger partial charge in [0.15, 0.2) is 0 Å². The number of tetrazole rings is 1. The van der Waals surface area contributed by atoms with Gasteiger partial charge in [0, 0.05) is 6.54 Å². The van der Waals surface area contributed by atoms with Crippen LogP contribution in [0.2, 0.25) is 0 Å². The minimum absolute atomic E-state index is 0. The highest BCUT2D eigenvalue weighted by molar-refractivity contribution is 5.94. The molecule has 1 aromatic heterocycles. The number of amides is 1. The Morgan fingerprint density at radius 1 is 1.44 bits per heavy atom. The molecule has 3 N–H and O–H groups in total. The highest BCUT2D eigenvalue weighted by Gasteiger charge is 2.50. The summed E-state index contributed by atoms with van der Waals surface area (Å²) in [5.74, 6) is 0.748. The average molecular weight is 273 g/mol. The molecule has 8 heteroatoms. The van der Waals surface area contributed by atoms with Gasteiger partial charge in [-0.05, 0) is 30.5 Å². The minimum atomic E-state index is -0.265. The first-order valence-electron chi connectivity index (χ1n) is 6.07. The minimum Gasteiger partial charge on any atom is -0.315 e. The Kier molecular flexibility index (Phi) is 3.82. The van der Waals surface area contributed by atoms with E-state index in [1.807, 2.05) is 0 Å². The maximum atomic E-state index is 12.4. The summed E-state index contributed by atoms with van der Waals surface area (Å²) in [6.07, 6.45) is 4.43. The van der Waals surface area contributed by atoms with Crippen molar-refractivity contribution < 1.29 is 4.79 Å². The van der Waals surface area contributed by atoms with E-state index < -0.39 is 0 Å². The normalized spacial score (nSPS) is 30.3. The molecule has 0 radical (unpaired) electrons. The van der Waals surface area contributed by atoms with Crippen LogP contribution in [-0.4, -0.2) is 39.6 Å². The summed E-state index contributed by atoms with van der Waals surface area (Å²) in [4.78, 5) is 12.4. The third-order valence-corrected chi connectivity index (χ3v) is 4.06. The van der Waals surface area contributed by atoms with Crippen LogP contribution in [0.25, 0.3) is 0 Å². The van der Waals surface area contributed by atoms with Crippen molar-refractivity contribution in [1.82, 2.24) is 25.9 Å². The molecule has 2 fully saturated rings. The number of aromatic amines is 1. The number of rotatable bonds is 2. The van der Waals surface area contributed by atoms with Crippen molar-refractivity contribution in [2.24, 2.45) is 11.3 Å². The third-order valence-electron chi connectivity index (χ3n) is 4.06. The number of nitrogens with zero attached hydrogens (tertiary/aromatic N) is 3. The van der Waals surface area contributed by atoms with Crippen molar-refractivity contribution >= 4 is 24.3 Å². The molecule has 100 valence electrons. The summed E-state index contributed by atoms with van der Waals surface area (Å²) >= 11 is 0. The van der Waals surface area contributed by atoms with Crippen molar-refractivity contribution in [1.29, 1.82) is 0 Å². The molecule has 2 aliphatic rings. The van der Waals surface area contributed by atoms with Crippen molar-refractivity contribution in [3.05, 3.63) is 0 Å². The lowest BCUT2D eigenvalue weighted by atomic mass is 9.67. The first kappa shape index (κ1) is 13.2. The van der Waals surface area contributed by atoms with Crippen molar-refractivity contribution in [3.63, 3.8) is 0 Å². The first-order chi connectivity index (χ1) is 8.31. The van der Waals surface area contributed by atoms with E-state index in [4.69, 9.17) is 0 Å². The number of H-pyrrole nitrogens is 1. The molecule has 1 saturated carbocycles. The molecule has 1 amide bonds. The Labute approximate surface area is 111 Å². The fourth-order valence-electron chi connectivity index (χ4n) is 3.13. The molecule has 0 spiro atoms. The molecule has 2 atom stereocenters. The second-order valence-electron chi connectivity index (χ2n) is 4.92. The Morgan fingerprint density at radius 3 is 3.11 bits per heavy atom. The van der Waals surface area contributed by atoms with E-state index in [0.717, 1.165) is 32.4 Å². The second kappa shape index (κ2) is 5.19. The predicted molar refractivity (Wildman–Crippen MR) is 67.3 cm³/mol. The Bertz CT molecular complexity index is 411. The fraction of sp³-hybridized carbons (Fsp3) is 0.800. The third kappa shape index (κ3) is 2.08. The van der Waals surface area contributed by atoms with Gasteiger partial charge < -0.3 is 5.32 Å². The van der Waals surface area contributed by atoms with Crippen LogP contribution in [0.15, 0.2) is 0 Å². The maximum Gasteiger partial charge on any atom is 0.269 e. The summed E-state index contributed by atoms with van der Waals surface area (Å²) in [6.45, 7) is 1.71. The van der Waals surface area contributed by atoms with Gasteiger partial charge in [0.1, 0.15) is 0 Å². The lowest BCUT2D eigenvalue weighted by Crippen LogP contribution is -2.44. The molecule has 1 aromatic rings. The summed E-state index contributed by atoms with van der Waals surface area (Å²) in [5.41, 5.74) is -0.265. The van der Waals surface area contributed by atoms with Gasteiger partial charge in [-0.1, -0.05) is 17.9 Å². The van der Waals surface area contributed by atoms with Crippen molar-refractivity contribution in [2.45, 2.75) is 25.7 Å². The number of carbonyl (C=O) groups excluding carboxylic acids is 1.